The predicted octanol–water partition coefficient (Wildman–Crippen LogP) is 3.05. The smallest absolute Gasteiger partial charge is 0.0693 e. The second kappa shape index (κ2) is 10.7. The summed E-state index contributed by atoms with van der Waals surface area (Å²) in [4.78, 5) is 0. The van der Waals surface area contributed by atoms with E-state index >= 15 is 0 Å². The average molecular weight is 236 g/mol. The fourth-order valence-electron chi connectivity index (χ4n) is 1.63. The molecule has 0 aromatic heterocycles. The van der Waals surface area contributed by atoms with Crippen LogP contribution in [-0.4, -0.2) is 32.2 Å². The number of hydrogen-bond donors (Lipinski definition) is 1. The highest BCUT2D eigenvalue weighted by atomic mass is 35.5. The number of rotatable bonds is 10. The minimum Gasteiger partial charge on any atom is -0.383 e. The van der Waals surface area contributed by atoms with Crippen molar-refractivity contribution in [3.8, 4) is 0 Å². The van der Waals surface area contributed by atoms with Crippen molar-refractivity contribution in [2.24, 2.45) is 5.92 Å². The molecule has 0 radical (unpaired) electrons. The summed E-state index contributed by atoms with van der Waals surface area (Å²) in [5, 5.41) is 3.51. The maximum Gasteiger partial charge on any atom is 0.0693 e. The lowest BCUT2D eigenvalue weighted by molar-refractivity contribution is 0.196. The van der Waals surface area contributed by atoms with E-state index in [0.29, 0.717) is 6.61 Å². The molecule has 0 aromatic carbocycles. The molecule has 0 aliphatic carbocycles. The second-order valence-corrected chi connectivity index (χ2v) is 4.74. The summed E-state index contributed by atoms with van der Waals surface area (Å²) in [6.07, 6.45) is 5.21. The van der Waals surface area contributed by atoms with Crippen LogP contribution in [0.5, 0.6) is 0 Å². The van der Waals surface area contributed by atoms with Gasteiger partial charge in [-0.2, -0.15) is 0 Å². The molecule has 2 unspecified atom stereocenters. The van der Waals surface area contributed by atoms with Gasteiger partial charge in [0.25, 0.3) is 0 Å². The molecule has 0 rings (SSSR count). The maximum atomic E-state index is 6.02. The first kappa shape index (κ1) is 15.2. The first-order valence-electron chi connectivity index (χ1n) is 6.08. The minimum atomic E-state index is 0.0960. The zero-order valence-corrected chi connectivity index (χ0v) is 11.1. The zero-order chi connectivity index (χ0) is 11.5. The molecule has 0 saturated heterocycles. The molecule has 0 spiro atoms. The van der Waals surface area contributed by atoms with Crippen LogP contribution in [0.4, 0.5) is 0 Å². The van der Waals surface area contributed by atoms with Gasteiger partial charge in [0.15, 0.2) is 0 Å². The van der Waals surface area contributed by atoms with Crippen LogP contribution in [0, 0.1) is 5.92 Å². The monoisotopic (exact) mass is 235 g/mol. The van der Waals surface area contributed by atoms with E-state index in [1.807, 2.05) is 0 Å². The number of hydrogen-bond acceptors (Lipinski definition) is 2. The van der Waals surface area contributed by atoms with Crippen LogP contribution in [0.15, 0.2) is 0 Å². The number of alkyl halides is 1. The maximum absolute atomic E-state index is 6.02. The molecule has 0 aliphatic heterocycles. The number of halogens is 1. The summed E-state index contributed by atoms with van der Waals surface area (Å²) >= 11 is 6.02. The molecule has 15 heavy (non-hydrogen) atoms. The Kier molecular flexibility index (Phi) is 10.9. The molecule has 1 N–H and O–H groups in total. The predicted molar refractivity (Wildman–Crippen MR) is 67.7 cm³/mol. The van der Waals surface area contributed by atoms with Gasteiger partial charge in [-0.1, -0.05) is 33.1 Å². The van der Waals surface area contributed by atoms with Crippen LogP contribution in [0.1, 0.15) is 39.5 Å². The molecule has 0 amide bonds. The highest BCUT2D eigenvalue weighted by Gasteiger charge is 2.07. The number of unbranched alkanes of at least 4 members (excludes halogenated alkanes) is 1. The Labute approximate surface area is 99.7 Å². The summed E-state index contributed by atoms with van der Waals surface area (Å²) < 4.78 is 4.98. The summed E-state index contributed by atoms with van der Waals surface area (Å²) in [7, 11) is 1.69. The van der Waals surface area contributed by atoms with Gasteiger partial charge in [0.2, 0.25) is 0 Å². The lowest BCUT2D eigenvalue weighted by Gasteiger charge is -2.16. The molecule has 0 bridgehead atoms. The van der Waals surface area contributed by atoms with Crippen molar-refractivity contribution in [2.45, 2.75) is 44.9 Å². The first-order valence-corrected chi connectivity index (χ1v) is 6.51. The van der Waals surface area contributed by atoms with Crippen LogP contribution in [0.2, 0.25) is 0 Å². The van der Waals surface area contributed by atoms with Crippen molar-refractivity contribution < 1.29 is 4.74 Å². The highest BCUT2D eigenvalue weighted by Crippen LogP contribution is 2.11. The third-order valence-corrected chi connectivity index (χ3v) is 2.97. The minimum absolute atomic E-state index is 0.0960. The summed E-state index contributed by atoms with van der Waals surface area (Å²) in [6, 6.07) is 0. The van der Waals surface area contributed by atoms with E-state index < -0.39 is 0 Å². The van der Waals surface area contributed by atoms with Crippen molar-refractivity contribution in [3.63, 3.8) is 0 Å². The molecular weight excluding hydrogens is 210 g/mol. The Morgan fingerprint density at radius 3 is 2.53 bits per heavy atom. The molecule has 0 fully saturated rings. The van der Waals surface area contributed by atoms with Crippen molar-refractivity contribution in [2.75, 3.05) is 26.8 Å². The third-order valence-electron chi connectivity index (χ3n) is 2.69. The van der Waals surface area contributed by atoms with Gasteiger partial charge in [0.1, 0.15) is 0 Å². The quantitative estimate of drug-likeness (QED) is 0.588. The van der Waals surface area contributed by atoms with Crippen LogP contribution < -0.4 is 5.32 Å². The fraction of sp³-hybridized carbons (Fsp3) is 1.00. The topological polar surface area (TPSA) is 21.3 Å². The van der Waals surface area contributed by atoms with Crippen molar-refractivity contribution in [3.05, 3.63) is 0 Å². The lowest BCUT2D eigenvalue weighted by Crippen LogP contribution is -2.30. The number of ether oxygens (including phenoxy) is 1. The van der Waals surface area contributed by atoms with E-state index in [2.05, 4.69) is 19.2 Å². The molecule has 0 saturated carbocycles. The van der Waals surface area contributed by atoms with Gasteiger partial charge in [0.05, 0.1) is 12.0 Å². The van der Waals surface area contributed by atoms with Gasteiger partial charge in [-0.3, -0.25) is 0 Å². The molecule has 0 aromatic rings. The Bertz CT molecular complexity index is 133. The Morgan fingerprint density at radius 1 is 1.27 bits per heavy atom. The SMILES string of the molecule is CCCCC(CC)CNCC(Cl)COC. The molecule has 0 heterocycles. The van der Waals surface area contributed by atoms with E-state index in [-0.39, 0.29) is 5.38 Å². The molecular formula is C12H26ClNO. The largest absolute Gasteiger partial charge is 0.383 e. The normalized spacial score (nSPS) is 15.2. The van der Waals surface area contributed by atoms with Gasteiger partial charge in [-0.15, -0.1) is 11.6 Å². The van der Waals surface area contributed by atoms with Gasteiger partial charge >= 0.3 is 0 Å². The number of methoxy groups -OCH3 is 1. The third kappa shape index (κ3) is 9.16. The van der Waals surface area contributed by atoms with Crippen molar-refractivity contribution in [1.82, 2.24) is 5.32 Å². The molecule has 0 aliphatic rings. The van der Waals surface area contributed by atoms with Crippen molar-refractivity contribution >= 4 is 11.6 Å². The first-order chi connectivity index (χ1) is 7.24. The Hall–Kier alpha value is 0.210. The second-order valence-electron chi connectivity index (χ2n) is 4.13. The standard InChI is InChI=1S/C12H26ClNO/c1-4-6-7-11(5-2)8-14-9-12(13)10-15-3/h11-12,14H,4-10H2,1-3H3. The Morgan fingerprint density at radius 2 is 2.00 bits per heavy atom. The van der Waals surface area contributed by atoms with Crippen LogP contribution in [0.25, 0.3) is 0 Å². The highest BCUT2D eigenvalue weighted by molar-refractivity contribution is 6.20. The molecule has 2 atom stereocenters. The van der Waals surface area contributed by atoms with Gasteiger partial charge < -0.3 is 10.1 Å². The summed E-state index contributed by atoms with van der Waals surface area (Å²) in [6.45, 7) is 7.06. The van der Waals surface area contributed by atoms with E-state index in [1.165, 1.54) is 25.7 Å². The van der Waals surface area contributed by atoms with Gasteiger partial charge in [0, 0.05) is 13.7 Å². The lowest BCUT2D eigenvalue weighted by atomic mass is 9.99. The van der Waals surface area contributed by atoms with Crippen LogP contribution in [0.3, 0.4) is 0 Å². The average Bonchev–Trinajstić information content (AvgIpc) is 2.23. The van der Waals surface area contributed by atoms with Crippen LogP contribution in [-0.2, 0) is 4.74 Å². The summed E-state index contributed by atoms with van der Waals surface area (Å²) in [5.74, 6) is 0.802. The summed E-state index contributed by atoms with van der Waals surface area (Å²) in [5.41, 5.74) is 0. The Balaban J connectivity index is 3.44. The molecule has 2 nitrogen and oxygen atoms in total. The van der Waals surface area contributed by atoms with Gasteiger partial charge in [-0.05, 0) is 18.9 Å². The zero-order valence-electron chi connectivity index (χ0n) is 10.4. The van der Waals surface area contributed by atoms with Gasteiger partial charge in [-0.25, -0.2) is 0 Å². The molecule has 3 heteroatoms. The molecule has 92 valence electrons. The van der Waals surface area contributed by atoms with Crippen LogP contribution >= 0.6 is 11.6 Å². The van der Waals surface area contributed by atoms with Crippen molar-refractivity contribution in [1.29, 1.82) is 0 Å². The van der Waals surface area contributed by atoms with E-state index in [4.69, 9.17) is 16.3 Å². The van der Waals surface area contributed by atoms with E-state index in [9.17, 15) is 0 Å². The van der Waals surface area contributed by atoms with E-state index in [0.717, 1.165) is 19.0 Å². The fourth-order valence-corrected chi connectivity index (χ4v) is 1.86. The number of nitrogens with one attached hydrogen (secondary N) is 1. The van der Waals surface area contributed by atoms with E-state index in [1.54, 1.807) is 7.11 Å².